The highest BCUT2D eigenvalue weighted by molar-refractivity contribution is 5.63. The third-order valence-corrected chi connectivity index (χ3v) is 6.31. The Labute approximate surface area is 163 Å². The summed E-state index contributed by atoms with van der Waals surface area (Å²) in [6.45, 7) is 4.59. The molecule has 1 saturated heterocycles. The molecule has 0 amide bonds. The third-order valence-electron chi connectivity index (χ3n) is 6.31. The van der Waals surface area contributed by atoms with Crippen LogP contribution in [0, 0.1) is 0 Å². The summed E-state index contributed by atoms with van der Waals surface area (Å²) in [6.07, 6.45) is 10.9. The summed E-state index contributed by atoms with van der Waals surface area (Å²) in [7, 11) is 2.00. The molecule has 2 aromatic rings. The molecule has 2 fully saturated rings. The Hall–Kier alpha value is -1.65. The Kier molecular flexibility index (Phi) is 5.38. The molecule has 0 unspecified atom stereocenters. The van der Waals surface area contributed by atoms with E-state index < -0.39 is 5.60 Å². The van der Waals surface area contributed by atoms with Gasteiger partial charge in [-0.2, -0.15) is 5.10 Å². The van der Waals surface area contributed by atoms with Gasteiger partial charge in [-0.15, -0.1) is 0 Å². The van der Waals surface area contributed by atoms with Gasteiger partial charge in [0.2, 0.25) is 0 Å². The number of nitrogens with zero attached hydrogens (tertiary/aromatic N) is 3. The van der Waals surface area contributed by atoms with Crippen molar-refractivity contribution in [2.75, 3.05) is 13.1 Å². The first-order valence-electron chi connectivity index (χ1n) is 10.6. The predicted octanol–water partition coefficient (Wildman–Crippen LogP) is 4.48. The molecule has 27 heavy (non-hydrogen) atoms. The van der Waals surface area contributed by atoms with Crippen molar-refractivity contribution >= 4 is 0 Å². The first kappa shape index (κ1) is 18.7. The van der Waals surface area contributed by atoms with E-state index >= 15 is 0 Å². The lowest BCUT2D eigenvalue weighted by atomic mass is 9.84. The molecule has 1 aromatic carbocycles. The van der Waals surface area contributed by atoms with Gasteiger partial charge in [0.25, 0.3) is 0 Å². The standard InChI is InChI=1S/C23H33N3O/c1-23(27)13-6-14-26(17-23)16-21-15-25(2)24-22(21)20-11-9-19(10-12-20)18-7-4-3-5-8-18/h9-12,15,18,27H,3-8,13-14,16-17H2,1-2H3/t23-/m1/s1. The van der Waals surface area contributed by atoms with Crippen LogP contribution in [0.5, 0.6) is 0 Å². The molecule has 2 heterocycles. The average molecular weight is 368 g/mol. The monoisotopic (exact) mass is 367 g/mol. The van der Waals surface area contributed by atoms with Crippen LogP contribution in [0.15, 0.2) is 30.5 Å². The van der Waals surface area contributed by atoms with E-state index in [0.29, 0.717) is 0 Å². The number of hydrogen-bond acceptors (Lipinski definition) is 3. The zero-order chi connectivity index (χ0) is 18.9. The first-order chi connectivity index (χ1) is 13.0. The molecule has 1 aromatic heterocycles. The summed E-state index contributed by atoms with van der Waals surface area (Å²) in [5.41, 5.74) is 4.46. The van der Waals surface area contributed by atoms with Crippen molar-refractivity contribution in [2.45, 2.75) is 69.9 Å². The Morgan fingerprint density at radius 1 is 1.11 bits per heavy atom. The first-order valence-corrected chi connectivity index (χ1v) is 10.6. The van der Waals surface area contributed by atoms with Gasteiger partial charge in [-0.05, 0) is 50.6 Å². The van der Waals surface area contributed by atoms with Gasteiger partial charge in [-0.3, -0.25) is 9.58 Å². The molecule has 1 N–H and O–H groups in total. The number of benzene rings is 1. The highest BCUT2D eigenvalue weighted by Crippen LogP contribution is 2.34. The average Bonchev–Trinajstić information content (AvgIpc) is 3.02. The predicted molar refractivity (Wildman–Crippen MR) is 110 cm³/mol. The van der Waals surface area contributed by atoms with Crippen molar-refractivity contribution in [3.05, 3.63) is 41.6 Å². The Morgan fingerprint density at radius 3 is 2.56 bits per heavy atom. The minimum absolute atomic E-state index is 0.567. The molecule has 4 rings (SSSR count). The maximum absolute atomic E-state index is 10.4. The normalized spacial score (nSPS) is 25.0. The summed E-state index contributed by atoms with van der Waals surface area (Å²) < 4.78 is 1.92. The van der Waals surface area contributed by atoms with Crippen LogP contribution in [0.1, 0.15) is 68.9 Å². The molecule has 1 aliphatic carbocycles. The van der Waals surface area contributed by atoms with Crippen LogP contribution < -0.4 is 0 Å². The fraction of sp³-hybridized carbons (Fsp3) is 0.609. The van der Waals surface area contributed by atoms with Crippen LogP contribution in [0.25, 0.3) is 11.3 Å². The Balaban J connectivity index is 1.52. The fourth-order valence-electron chi connectivity index (χ4n) is 4.94. The highest BCUT2D eigenvalue weighted by Gasteiger charge is 2.29. The molecule has 146 valence electrons. The largest absolute Gasteiger partial charge is 0.389 e. The van der Waals surface area contributed by atoms with Crippen molar-refractivity contribution in [2.24, 2.45) is 7.05 Å². The van der Waals surface area contributed by atoms with E-state index in [1.54, 1.807) is 0 Å². The lowest BCUT2D eigenvalue weighted by Crippen LogP contribution is -2.45. The van der Waals surface area contributed by atoms with Crippen LogP contribution in [-0.2, 0) is 13.6 Å². The van der Waals surface area contributed by atoms with E-state index in [-0.39, 0.29) is 0 Å². The van der Waals surface area contributed by atoms with Gasteiger partial charge < -0.3 is 5.11 Å². The molecular weight excluding hydrogens is 334 g/mol. The summed E-state index contributed by atoms with van der Waals surface area (Å²) in [5, 5.41) is 15.2. The summed E-state index contributed by atoms with van der Waals surface area (Å²) in [5.74, 6) is 0.742. The molecule has 1 saturated carbocycles. The van der Waals surface area contributed by atoms with E-state index in [1.165, 1.54) is 48.8 Å². The summed E-state index contributed by atoms with van der Waals surface area (Å²) in [6, 6.07) is 9.13. The minimum atomic E-state index is -0.567. The van der Waals surface area contributed by atoms with E-state index in [2.05, 4.69) is 35.4 Å². The van der Waals surface area contributed by atoms with Crippen LogP contribution in [0.3, 0.4) is 0 Å². The second-order valence-electron chi connectivity index (χ2n) is 8.94. The number of β-amino-alcohol motifs (C(OH)–C–C–N with tert-alkyl or cyclic N) is 1. The number of likely N-dealkylation sites (tertiary alicyclic amines) is 1. The Morgan fingerprint density at radius 2 is 1.85 bits per heavy atom. The molecule has 1 atom stereocenters. The summed E-state index contributed by atoms with van der Waals surface area (Å²) in [4.78, 5) is 2.36. The van der Waals surface area contributed by atoms with Crippen molar-refractivity contribution in [1.29, 1.82) is 0 Å². The SMILES string of the molecule is Cn1cc(CN2CCC[C@@](C)(O)C2)c(-c2ccc(C3CCCCC3)cc2)n1. The number of piperidine rings is 1. The number of aliphatic hydroxyl groups is 1. The van der Waals surface area contributed by atoms with Gasteiger partial charge in [0.05, 0.1) is 11.3 Å². The Bertz CT molecular complexity index is 756. The van der Waals surface area contributed by atoms with E-state index in [9.17, 15) is 5.11 Å². The van der Waals surface area contributed by atoms with Crippen molar-refractivity contribution in [3.8, 4) is 11.3 Å². The molecule has 2 aliphatic rings. The van der Waals surface area contributed by atoms with E-state index in [0.717, 1.165) is 44.1 Å². The van der Waals surface area contributed by atoms with Crippen molar-refractivity contribution in [1.82, 2.24) is 14.7 Å². The fourth-order valence-corrected chi connectivity index (χ4v) is 4.94. The number of aromatic nitrogens is 2. The second kappa shape index (κ2) is 7.76. The van der Waals surface area contributed by atoms with Gasteiger partial charge in [-0.1, -0.05) is 43.5 Å². The lowest BCUT2D eigenvalue weighted by molar-refractivity contribution is -0.0181. The van der Waals surface area contributed by atoms with Gasteiger partial charge >= 0.3 is 0 Å². The third kappa shape index (κ3) is 4.44. The number of hydrogen-bond donors (Lipinski definition) is 1. The van der Waals surface area contributed by atoms with Gasteiger partial charge in [0.15, 0.2) is 0 Å². The van der Waals surface area contributed by atoms with Crippen LogP contribution in [-0.4, -0.2) is 38.5 Å². The molecule has 0 bridgehead atoms. The minimum Gasteiger partial charge on any atom is -0.389 e. The van der Waals surface area contributed by atoms with E-state index in [4.69, 9.17) is 5.10 Å². The topological polar surface area (TPSA) is 41.3 Å². The van der Waals surface area contributed by atoms with Crippen molar-refractivity contribution < 1.29 is 5.11 Å². The smallest absolute Gasteiger partial charge is 0.0968 e. The molecule has 4 nitrogen and oxygen atoms in total. The quantitative estimate of drug-likeness (QED) is 0.866. The summed E-state index contributed by atoms with van der Waals surface area (Å²) >= 11 is 0. The lowest BCUT2D eigenvalue weighted by Gasteiger charge is -2.36. The molecule has 0 spiro atoms. The van der Waals surface area contributed by atoms with E-state index in [1.807, 2.05) is 18.7 Å². The maximum Gasteiger partial charge on any atom is 0.0968 e. The maximum atomic E-state index is 10.4. The molecule has 1 aliphatic heterocycles. The van der Waals surface area contributed by atoms with Gasteiger partial charge in [0, 0.05) is 37.5 Å². The zero-order valence-corrected chi connectivity index (χ0v) is 16.8. The second-order valence-corrected chi connectivity index (χ2v) is 8.94. The highest BCUT2D eigenvalue weighted by atomic mass is 16.3. The van der Waals surface area contributed by atoms with Crippen LogP contribution >= 0.6 is 0 Å². The van der Waals surface area contributed by atoms with Crippen LogP contribution in [0.4, 0.5) is 0 Å². The van der Waals surface area contributed by atoms with Gasteiger partial charge in [-0.25, -0.2) is 0 Å². The van der Waals surface area contributed by atoms with Crippen molar-refractivity contribution in [3.63, 3.8) is 0 Å². The zero-order valence-electron chi connectivity index (χ0n) is 16.8. The molecule has 4 heteroatoms. The van der Waals surface area contributed by atoms with Gasteiger partial charge in [0.1, 0.15) is 0 Å². The van der Waals surface area contributed by atoms with Crippen LogP contribution in [0.2, 0.25) is 0 Å². The molecule has 0 radical (unpaired) electrons. The number of rotatable bonds is 4. The number of aryl methyl sites for hydroxylation is 1. The molecular formula is C23H33N3O.